The molecule has 0 saturated carbocycles. The lowest BCUT2D eigenvalue weighted by atomic mass is 10.1. The third-order valence-electron chi connectivity index (χ3n) is 3.13. The fourth-order valence-electron chi connectivity index (χ4n) is 2.10. The molecule has 7 nitrogen and oxygen atoms in total. The van der Waals surface area contributed by atoms with E-state index in [1.807, 2.05) is 13.8 Å². The molecule has 1 unspecified atom stereocenters. The maximum Gasteiger partial charge on any atom is 0.266 e. The number of nitrogens with zero attached hydrogens (tertiary/aromatic N) is 2. The van der Waals surface area contributed by atoms with E-state index in [9.17, 15) is 9.59 Å². The van der Waals surface area contributed by atoms with Crippen molar-refractivity contribution in [3.8, 4) is 0 Å². The van der Waals surface area contributed by atoms with Gasteiger partial charge in [-0.3, -0.25) is 14.7 Å². The zero-order valence-electron chi connectivity index (χ0n) is 11.7. The van der Waals surface area contributed by atoms with E-state index in [0.29, 0.717) is 11.3 Å². The number of hydrogen-bond acceptors (Lipinski definition) is 4. The molecule has 0 radical (unpaired) electrons. The Labute approximate surface area is 115 Å². The van der Waals surface area contributed by atoms with E-state index < -0.39 is 6.10 Å². The average Bonchev–Trinajstić information content (AvgIpc) is 2.72. The molecule has 2 aromatic heterocycles. The van der Waals surface area contributed by atoms with E-state index in [4.69, 9.17) is 5.11 Å². The summed E-state index contributed by atoms with van der Waals surface area (Å²) in [6, 6.07) is 1.41. The highest BCUT2D eigenvalue weighted by molar-refractivity contribution is 5.79. The fourth-order valence-corrected chi connectivity index (χ4v) is 2.10. The minimum atomic E-state index is -0.581. The van der Waals surface area contributed by atoms with Crippen LogP contribution in [0, 0.1) is 13.8 Å². The van der Waals surface area contributed by atoms with Gasteiger partial charge < -0.3 is 10.4 Å². The first-order chi connectivity index (χ1) is 9.38. The minimum Gasteiger partial charge on any atom is -0.392 e. The van der Waals surface area contributed by atoms with Crippen LogP contribution in [-0.2, 0) is 11.2 Å². The van der Waals surface area contributed by atoms with E-state index >= 15 is 0 Å². The number of aromatic amines is 1. The molecular formula is C13H18N4O3. The number of hydrogen-bond donors (Lipinski definition) is 3. The number of aryl methyl sites for hydroxylation is 2. The quantitative estimate of drug-likeness (QED) is 0.713. The number of aliphatic hydroxyl groups excluding tert-OH is 1. The standard InChI is InChI=1S/C13H18N4O3/c1-7(18)6-14-12(19)4-10-8(2)15-11-5-13(20)16-17(11)9(10)3/h5,7,18H,4,6H2,1-3H3,(H,14,19)(H,16,20). The first kappa shape index (κ1) is 14.3. The second-order valence-electron chi connectivity index (χ2n) is 4.91. The first-order valence-electron chi connectivity index (χ1n) is 6.41. The Morgan fingerprint density at radius 2 is 2.25 bits per heavy atom. The SMILES string of the molecule is Cc1nc2cc(=O)[nH]n2c(C)c1CC(=O)NCC(C)O. The van der Waals surface area contributed by atoms with Gasteiger partial charge in [-0.05, 0) is 20.8 Å². The van der Waals surface area contributed by atoms with E-state index in [1.165, 1.54) is 6.07 Å². The largest absolute Gasteiger partial charge is 0.392 e. The Kier molecular flexibility index (Phi) is 3.89. The average molecular weight is 278 g/mol. The second kappa shape index (κ2) is 5.46. The van der Waals surface area contributed by atoms with Crippen molar-refractivity contribution in [3.63, 3.8) is 0 Å². The molecule has 1 amide bonds. The molecule has 3 N–H and O–H groups in total. The van der Waals surface area contributed by atoms with E-state index in [1.54, 1.807) is 11.4 Å². The zero-order chi connectivity index (χ0) is 14.9. The summed E-state index contributed by atoms with van der Waals surface area (Å²) in [4.78, 5) is 27.5. The first-order valence-corrected chi connectivity index (χ1v) is 6.41. The molecule has 2 rings (SSSR count). The van der Waals surface area contributed by atoms with Crippen molar-refractivity contribution in [2.75, 3.05) is 6.54 Å². The molecule has 0 aliphatic rings. The number of carbonyl (C=O) groups is 1. The Morgan fingerprint density at radius 1 is 1.55 bits per heavy atom. The van der Waals surface area contributed by atoms with Crippen LogP contribution in [0.5, 0.6) is 0 Å². The number of aliphatic hydroxyl groups is 1. The van der Waals surface area contributed by atoms with Crippen molar-refractivity contribution in [3.05, 3.63) is 33.4 Å². The Balaban J connectivity index is 2.29. The van der Waals surface area contributed by atoms with Gasteiger partial charge in [0.05, 0.1) is 12.5 Å². The minimum absolute atomic E-state index is 0.160. The predicted molar refractivity (Wildman–Crippen MR) is 73.7 cm³/mol. The molecule has 0 aliphatic carbocycles. The summed E-state index contributed by atoms with van der Waals surface area (Å²) in [6.07, 6.45) is -0.421. The second-order valence-corrected chi connectivity index (χ2v) is 4.91. The molecule has 20 heavy (non-hydrogen) atoms. The van der Waals surface area contributed by atoms with Crippen LogP contribution in [-0.4, -0.2) is 38.3 Å². The predicted octanol–water partition coefficient (Wildman–Crippen LogP) is -0.321. The van der Waals surface area contributed by atoms with Gasteiger partial charge in [-0.25, -0.2) is 9.50 Å². The van der Waals surface area contributed by atoms with Crippen LogP contribution in [0.25, 0.3) is 5.65 Å². The van der Waals surface area contributed by atoms with Crippen molar-refractivity contribution in [1.29, 1.82) is 0 Å². The van der Waals surface area contributed by atoms with Crippen LogP contribution < -0.4 is 10.9 Å². The highest BCUT2D eigenvalue weighted by Gasteiger charge is 2.14. The lowest BCUT2D eigenvalue weighted by Crippen LogP contribution is -2.32. The topological polar surface area (TPSA) is 99.5 Å². The van der Waals surface area contributed by atoms with Crippen molar-refractivity contribution < 1.29 is 9.90 Å². The molecule has 0 aromatic carbocycles. The number of nitrogens with one attached hydrogen (secondary N) is 2. The summed E-state index contributed by atoms with van der Waals surface area (Å²) in [6.45, 7) is 5.46. The van der Waals surface area contributed by atoms with E-state index in [2.05, 4.69) is 15.4 Å². The van der Waals surface area contributed by atoms with Gasteiger partial charge in [-0.2, -0.15) is 0 Å². The van der Waals surface area contributed by atoms with Gasteiger partial charge in [-0.1, -0.05) is 0 Å². The number of carbonyl (C=O) groups excluding carboxylic acids is 1. The Bertz CT molecular complexity index is 699. The Hall–Kier alpha value is -2.15. The molecule has 0 bridgehead atoms. The van der Waals surface area contributed by atoms with Gasteiger partial charge in [0.2, 0.25) is 5.91 Å². The van der Waals surface area contributed by atoms with E-state index in [0.717, 1.165) is 11.3 Å². The molecule has 0 fully saturated rings. The third kappa shape index (κ3) is 2.88. The molecule has 0 spiro atoms. The summed E-state index contributed by atoms with van der Waals surface area (Å²) in [5.41, 5.74) is 2.58. The van der Waals surface area contributed by atoms with Gasteiger partial charge >= 0.3 is 0 Å². The number of fused-ring (bicyclic) bond motifs is 1. The summed E-state index contributed by atoms with van der Waals surface area (Å²) in [5, 5.41) is 14.4. The van der Waals surface area contributed by atoms with Gasteiger partial charge in [0, 0.05) is 29.6 Å². The highest BCUT2D eigenvalue weighted by atomic mass is 16.3. The van der Waals surface area contributed by atoms with Crippen molar-refractivity contribution in [2.45, 2.75) is 33.3 Å². The summed E-state index contributed by atoms with van der Waals surface area (Å²) >= 11 is 0. The van der Waals surface area contributed by atoms with Crippen LogP contribution in [0.4, 0.5) is 0 Å². The number of amides is 1. The molecule has 7 heteroatoms. The van der Waals surface area contributed by atoms with Gasteiger partial charge in [0.25, 0.3) is 5.56 Å². The molecule has 1 atom stereocenters. The number of aromatic nitrogens is 3. The van der Waals surface area contributed by atoms with Gasteiger partial charge in [0.1, 0.15) is 0 Å². The zero-order valence-corrected chi connectivity index (χ0v) is 11.7. The normalized spacial score (nSPS) is 12.6. The van der Waals surface area contributed by atoms with Crippen molar-refractivity contribution in [1.82, 2.24) is 19.9 Å². The third-order valence-corrected chi connectivity index (χ3v) is 3.13. The van der Waals surface area contributed by atoms with Crippen LogP contribution in [0.2, 0.25) is 0 Å². The molecule has 2 aromatic rings. The summed E-state index contributed by atoms with van der Waals surface area (Å²) in [7, 11) is 0. The monoisotopic (exact) mass is 278 g/mol. The van der Waals surface area contributed by atoms with Crippen molar-refractivity contribution in [2.24, 2.45) is 0 Å². The van der Waals surface area contributed by atoms with Crippen LogP contribution in [0.1, 0.15) is 23.9 Å². The molecule has 0 saturated heterocycles. The summed E-state index contributed by atoms with van der Waals surface area (Å²) < 4.78 is 1.58. The van der Waals surface area contributed by atoms with Crippen molar-refractivity contribution >= 4 is 11.6 Å². The fraction of sp³-hybridized carbons (Fsp3) is 0.462. The molecule has 2 heterocycles. The number of rotatable bonds is 4. The van der Waals surface area contributed by atoms with Gasteiger partial charge in [-0.15, -0.1) is 0 Å². The summed E-state index contributed by atoms with van der Waals surface area (Å²) in [5.74, 6) is -0.187. The van der Waals surface area contributed by atoms with Crippen LogP contribution in [0.15, 0.2) is 10.9 Å². The molecular weight excluding hydrogens is 260 g/mol. The maximum atomic E-state index is 11.8. The van der Waals surface area contributed by atoms with Gasteiger partial charge in [0.15, 0.2) is 5.65 Å². The lowest BCUT2D eigenvalue weighted by Gasteiger charge is -2.12. The number of H-pyrrole nitrogens is 1. The Morgan fingerprint density at radius 3 is 2.90 bits per heavy atom. The van der Waals surface area contributed by atoms with Crippen LogP contribution >= 0.6 is 0 Å². The highest BCUT2D eigenvalue weighted by Crippen LogP contribution is 2.13. The smallest absolute Gasteiger partial charge is 0.266 e. The van der Waals surface area contributed by atoms with E-state index in [-0.39, 0.29) is 24.4 Å². The molecule has 0 aliphatic heterocycles. The lowest BCUT2D eigenvalue weighted by molar-refractivity contribution is -0.120. The van der Waals surface area contributed by atoms with Crippen LogP contribution in [0.3, 0.4) is 0 Å². The molecule has 108 valence electrons. The maximum absolute atomic E-state index is 11.8.